The molecular formula is C40H64N6O6. The molecule has 0 spiro atoms. The number of benzene rings is 1. The molecule has 290 valence electrons. The minimum atomic E-state index is -1.23. The highest BCUT2D eigenvalue weighted by molar-refractivity contribution is 5.90. The number of hydrogen-bond acceptors (Lipinski definition) is 7. The lowest BCUT2D eigenvalue weighted by atomic mass is 9.82. The van der Waals surface area contributed by atoms with Gasteiger partial charge in [-0.15, -0.1) is 0 Å². The summed E-state index contributed by atoms with van der Waals surface area (Å²) in [5.74, 6) is -0.364. The van der Waals surface area contributed by atoms with E-state index in [0.717, 1.165) is 44.1 Å². The number of carbonyl (C=O) groups is 4. The Kier molecular flexibility index (Phi) is 17.6. The lowest BCUT2D eigenvalue weighted by Crippen LogP contribution is -2.56. The molecule has 1 fully saturated rings. The van der Waals surface area contributed by atoms with Gasteiger partial charge in [-0.3, -0.25) is 14.4 Å². The van der Waals surface area contributed by atoms with Crippen LogP contribution in [0.25, 0.3) is 0 Å². The van der Waals surface area contributed by atoms with E-state index in [9.17, 15) is 24.3 Å². The smallest absolute Gasteiger partial charge is 0.410 e. The molecular weight excluding hydrogens is 660 g/mol. The molecule has 1 aromatic heterocycles. The molecule has 12 heteroatoms. The molecule has 0 bridgehead atoms. The number of H-pyrrole nitrogens is 1. The van der Waals surface area contributed by atoms with Crippen molar-refractivity contribution in [1.82, 2.24) is 30.0 Å². The van der Waals surface area contributed by atoms with Gasteiger partial charge in [0.15, 0.2) is 6.10 Å². The van der Waals surface area contributed by atoms with Crippen molar-refractivity contribution in [2.45, 2.75) is 123 Å². The highest BCUT2D eigenvalue weighted by Gasteiger charge is 2.37. The summed E-state index contributed by atoms with van der Waals surface area (Å²) in [6.07, 6.45) is 9.57. The third-order valence-electron chi connectivity index (χ3n) is 10.7. The predicted octanol–water partition coefficient (Wildman–Crippen LogP) is 5.22. The van der Waals surface area contributed by atoms with Gasteiger partial charge >= 0.3 is 6.09 Å². The zero-order valence-electron chi connectivity index (χ0n) is 32.6. The number of rotatable bonds is 20. The first-order chi connectivity index (χ1) is 24.8. The zero-order valence-corrected chi connectivity index (χ0v) is 32.6. The van der Waals surface area contributed by atoms with E-state index in [4.69, 9.17) is 4.74 Å². The maximum atomic E-state index is 14.4. The van der Waals surface area contributed by atoms with E-state index in [-0.39, 0.29) is 37.1 Å². The van der Waals surface area contributed by atoms with Crippen LogP contribution in [0.3, 0.4) is 0 Å². The molecule has 0 saturated heterocycles. The monoisotopic (exact) mass is 724 g/mol. The Morgan fingerprint density at radius 1 is 0.942 bits per heavy atom. The zero-order chi connectivity index (χ0) is 38.2. The number of likely N-dealkylation sites (N-methyl/N-ethyl adjacent to an activating group) is 3. The Morgan fingerprint density at radius 2 is 1.60 bits per heavy atom. The van der Waals surface area contributed by atoms with Gasteiger partial charge in [-0.25, -0.2) is 9.78 Å². The number of amides is 4. The normalized spacial score (nSPS) is 15.8. The summed E-state index contributed by atoms with van der Waals surface area (Å²) in [4.78, 5) is 66.0. The Morgan fingerprint density at radius 3 is 2.19 bits per heavy atom. The summed E-state index contributed by atoms with van der Waals surface area (Å²) in [5, 5.41) is 14.7. The van der Waals surface area contributed by atoms with Crippen LogP contribution in [0.15, 0.2) is 42.9 Å². The van der Waals surface area contributed by atoms with Crippen molar-refractivity contribution in [3.8, 4) is 0 Å². The number of aromatic amines is 1. The molecule has 4 atom stereocenters. The highest BCUT2D eigenvalue weighted by Crippen LogP contribution is 2.29. The van der Waals surface area contributed by atoms with Gasteiger partial charge in [0.2, 0.25) is 11.8 Å². The molecule has 1 aliphatic rings. The predicted molar refractivity (Wildman–Crippen MR) is 202 cm³/mol. The molecule has 4 amide bonds. The molecule has 12 nitrogen and oxygen atoms in total. The van der Waals surface area contributed by atoms with Gasteiger partial charge in [0.25, 0.3) is 5.91 Å². The van der Waals surface area contributed by atoms with Crippen LogP contribution >= 0.6 is 0 Å². The number of nitrogens with one attached hydrogen (secondary N) is 2. The van der Waals surface area contributed by atoms with Gasteiger partial charge < -0.3 is 34.8 Å². The maximum absolute atomic E-state index is 14.4. The van der Waals surface area contributed by atoms with Gasteiger partial charge in [0, 0.05) is 64.9 Å². The van der Waals surface area contributed by atoms with Gasteiger partial charge in [0.1, 0.15) is 6.04 Å². The fourth-order valence-electron chi connectivity index (χ4n) is 7.05. The largest absolute Gasteiger partial charge is 0.436 e. The van der Waals surface area contributed by atoms with Crippen molar-refractivity contribution >= 4 is 23.8 Å². The minimum Gasteiger partial charge on any atom is -0.436 e. The number of hydrogen-bond donors (Lipinski definition) is 3. The number of carbonyl (C=O) groups excluding carboxylic acids is 4. The number of imidazole rings is 1. The van der Waals surface area contributed by atoms with E-state index < -0.39 is 36.3 Å². The second-order valence-corrected chi connectivity index (χ2v) is 15.0. The number of nitrogens with zero attached hydrogens (tertiary/aromatic N) is 4. The van der Waals surface area contributed by atoms with Crippen LogP contribution in [0.4, 0.5) is 4.79 Å². The lowest BCUT2D eigenvalue weighted by molar-refractivity contribution is -0.146. The summed E-state index contributed by atoms with van der Waals surface area (Å²) in [7, 11) is 4.81. The first-order valence-corrected chi connectivity index (χ1v) is 19.3. The van der Waals surface area contributed by atoms with Gasteiger partial charge in [-0.05, 0) is 30.2 Å². The minimum absolute atomic E-state index is 0.0360. The van der Waals surface area contributed by atoms with Crippen LogP contribution in [0.1, 0.15) is 96.7 Å². The average Bonchev–Trinajstić information content (AvgIpc) is 3.67. The second-order valence-electron chi connectivity index (χ2n) is 15.0. The van der Waals surface area contributed by atoms with Crippen molar-refractivity contribution in [3.63, 3.8) is 0 Å². The van der Waals surface area contributed by atoms with E-state index >= 15 is 0 Å². The number of aliphatic hydroxyl groups excluding tert-OH is 1. The molecule has 1 aliphatic carbocycles. The van der Waals surface area contributed by atoms with Crippen molar-refractivity contribution < 1.29 is 29.0 Å². The SMILES string of the molecule is CCC(CC)C[C@H](O)[C@H](CC1CCCCC1)NC(=O)[C@H](Cc1cnc[nH]1)N(C)C(=O)[C@H](Cc1ccccc1)OC(=O)N(C)CCN(C)C(=O)C(C)C. The Bertz CT molecular complexity index is 1360. The standard InChI is InChI=1S/C40H64N6O6/c1-8-29(9-2)23-35(47)33(22-30-16-12-10-13-17-30)43-37(48)34(25-32-26-41-27-42-32)46(7)39(50)36(24-31-18-14-11-15-19-31)52-40(51)45(6)21-20-44(5)38(49)28(3)4/h11,14-15,18-19,26-30,33-36,47H,8-10,12-13,16-17,20-25H2,1-7H3,(H,41,42)(H,43,48)/t33-,34-,35-,36-/m0/s1. The Labute approximate surface area is 311 Å². The van der Waals surface area contributed by atoms with Crippen LogP contribution in [-0.2, 0) is 32.0 Å². The van der Waals surface area contributed by atoms with Crippen LogP contribution in [0, 0.1) is 17.8 Å². The molecule has 3 N–H and O–H groups in total. The molecule has 1 heterocycles. The number of aliphatic hydroxyl groups is 1. The van der Waals surface area contributed by atoms with Crippen LogP contribution in [0.2, 0.25) is 0 Å². The van der Waals surface area contributed by atoms with E-state index in [2.05, 4.69) is 29.1 Å². The number of ether oxygens (including phenoxy) is 1. The summed E-state index contributed by atoms with van der Waals surface area (Å²) in [5.41, 5.74) is 1.45. The molecule has 1 aromatic carbocycles. The fraction of sp³-hybridized carbons (Fsp3) is 0.675. The fourth-order valence-corrected chi connectivity index (χ4v) is 7.05. The molecule has 52 heavy (non-hydrogen) atoms. The Balaban J connectivity index is 1.86. The van der Waals surface area contributed by atoms with Crippen molar-refractivity contribution in [1.29, 1.82) is 0 Å². The topological polar surface area (TPSA) is 148 Å². The molecule has 1 saturated carbocycles. The van der Waals surface area contributed by atoms with Gasteiger partial charge in [0.05, 0.1) is 18.5 Å². The summed E-state index contributed by atoms with van der Waals surface area (Å²) in [6, 6.07) is 7.84. The van der Waals surface area contributed by atoms with E-state index in [0.29, 0.717) is 36.9 Å². The van der Waals surface area contributed by atoms with Crippen molar-refractivity contribution in [2.75, 3.05) is 34.2 Å². The van der Waals surface area contributed by atoms with Crippen molar-refractivity contribution in [2.24, 2.45) is 17.8 Å². The van der Waals surface area contributed by atoms with Crippen LogP contribution in [0.5, 0.6) is 0 Å². The van der Waals surface area contributed by atoms with E-state index in [1.165, 1.54) is 22.5 Å². The third-order valence-corrected chi connectivity index (χ3v) is 10.7. The van der Waals surface area contributed by atoms with Crippen LogP contribution in [-0.4, -0.2) is 112 Å². The van der Waals surface area contributed by atoms with Crippen LogP contribution < -0.4 is 5.32 Å². The van der Waals surface area contributed by atoms with E-state index in [1.807, 2.05) is 44.2 Å². The maximum Gasteiger partial charge on any atom is 0.410 e. The molecule has 0 radical (unpaired) electrons. The van der Waals surface area contributed by atoms with Gasteiger partial charge in [-0.1, -0.05) is 103 Å². The van der Waals surface area contributed by atoms with E-state index in [1.54, 1.807) is 32.2 Å². The summed E-state index contributed by atoms with van der Waals surface area (Å²) >= 11 is 0. The summed E-state index contributed by atoms with van der Waals surface area (Å²) in [6.45, 7) is 8.40. The third kappa shape index (κ3) is 13.2. The second kappa shape index (κ2) is 21.6. The number of aromatic nitrogens is 2. The molecule has 3 rings (SSSR count). The Hall–Kier alpha value is -3.93. The van der Waals surface area contributed by atoms with Gasteiger partial charge in [-0.2, -0.15) is 0 Å². The van der Waals surface area contributed by atoms with Crippen molar-refractivity contribution in [3.05, 3.63) is 54.1 Å². The molecule has 2 aromatic rings. The first-order valence-electron chi connectivity index (χ1n) is 19.3. The first kappa shape index (κ1) is 42.5. The summed E-state index contributed by atoms with van der Waals surface area (Å²) < 4.78 is 5.89. The quantitative estimate of drug-likeness (QED) is 0.170. The average molecular weight is 725 g/mol. The highest BCUT2D eigenvalue weighted by atomic mass is 16.6. The lowest BCUT2D eigenvalue weighted by Gasteiger charge is -2.35. The molecule has 0 aliphatic heterocycles. The molecule has 0 unspecified atom stereocenters.